The van der Waals surface area contributed by atoms with Gasteiger partial charge in [-0.3, -0.25) is 4.79 Å². The second-order valence-corrected chi connectivity index (χ2v) is 4.69. The quantitative estimate of drug-likeness (QED) is 0.589. The Kier molecular flexibility index (Phi) is 6.89. The molecule has 0 aliphatic heterocycles. The van der Waals surface area contributed by atoms with Gasteiger partial charge in [0.15, 0.2) is 0 Å². The van der Waals surface area contributed by atoms with Gasteiger partial charge in [0, 0.05) is 17.5 Å². The molecule has 0 aliphatic carbocycles. The van der Waals surface area contributed by atoms with E-state index in [1.807, 2.05) is 6.92 Å². The fourth-order valence-electron chi connectivity index (χ4n) is 0.553. The Morgan fingerprint density at radius 1 is 1.67 bits per heavy atom. The molecule has 0 rings (SSSR count). The third-order valence-corrected chi connectivity index (χ3v) is 3.56. The predicted octanol–water partition coefficient (Wildman–Crippen LogP) is 1.00. The lowest BCUT2D eigenvalue weighted by atomic mass is 10.4. The number of carbonyl (C=O) groups excluding carboxylic acids is 1. The zero-order valence-corrected chi connectivity index (χ0v) is 9.65. The number of carbonyl (C=O) groups is 1. The number of hydrogen-bond donors (Lipinski definition) is 1. The van der Waals surface area contributed by atoms with Crippen LogP contribution in [-0.4, -0.2) is 35.5 Å². The highest BCUT2D eigenvalue weighted by molar-refractivity contribution is 9.10. The van der Waals surface area contributed by atoms with Gasteiger partial charge in [0.25, 0.3) is 0 Å². The Hall–Kier alpha value is 0.260. The van der Waals surface area contributed by atoms with Gasteiger partial charge in [-0.2, -0.15) is 11.8 Å². The van der Waals surface area contributed by atoms with Crippen LogP contribution < -0.4 is 5.73 Å². The van der Waals surface area contributed by atoms with Gasteiger partial charge in [-0.05, 0) is 6.92 Å². The van der Waals surface area contributed by atoms with Crippen LogP contribution in [0, 0.1) is 0 Å². The Balaban J connectivity index is 3.43. The summed E-state index contributed by atoms with van der Waals surface area (Å²) in [4.78, 5) is 10.7. The van der Waals surface area contributed by atoms with E-state index >= 15 is 0 Å². The highest BCUT2D eigenvalue weighted by Gasteiger charge is 2.14. The average Bonchev–Trinajstić information content (AvgIpc) is 2.02. The molecule has 12 heavy (non-hydrogen) atoms. The van der Waals surface area contributed by atoms with Crippen molar-refractivity contribution in [3.8, 4) is 0 Å². The Bertz CT molecular complexity index is 143. The molecule has 5 heteroatoms. The van der Waals surface area contributed by atoms with Crippen LogP contribution in [0.25, 0.3) is 0 Å². The summed E-state index contributed by atoms with van der Waals surface area (Å²) in [5.74, 6) is 1.33. The molecule has 0 aromatic carbocycles. The van der Waals surface area contributed by atoms with E-state index in [9.17, 15) is 4.79 Å². The fourth-order valence-corrected chi connectivity index (χ4v) is 2.15. The summed E-state index contributed by atoms with van der Waals surface area (Å²) in [6, 6.07) is 0.173. The topological polar surface area (TPSA) is 52.3 Å². The first-order valence-corrected chi connectivity index (χ1v) is 5.70. The maximum atomic E-state index is 10.9. The van der Waals surface area contributed by atoms with Gasteiger partial charge in [-0.1, -0.05) is 15.9 Å². The monoisotopic (exact) mass is 255 g/mol. The van der Waals surface area contributed by atoms with Gasteiger partial charge >= 0.3 is 5.97 Å². The molecule has 0 fully saturated rings. The van der Waals surface area contributed by atoms with Crippen molar-refractivity contribution in [2.75, 3.05) is 18.6 Å². The van der Waals surface area contributed by atoms with Crippen LogP contribution in [-0.2, 0) is 9.53 Å². The third-order valence-electron chi connectivity index (χ3n) is 1.10. The van der Waals surface area contributed by atoms with E-state index in [-0.39, 0.29) is 16.8 Å². The molecule has 0 spiro atoms. The van der Waals surface area contributed by atoms with Crippen LogP contribution in [0.15, 0.2) is 0 Å². The number of alkyl halides is 1. The van der Waals surface area contributed by atoms with Crippen LogP contribution in [0.4, 0.5) is 0 Å². The first-order chi connectivity index (χ1) is 5.57. The number of methoxy groups -OCH3 is 1. The van der Waals surface area contributed by atoms with Crippen molar-refractivity contribution in [3.63, 3.8) is 0 Å². The number of rotatable bonds is 5. The van der Waals surface area contributed by atoms with Gasteiger partial charge in [0.1, 0.15) is 4.83 Å². The minimum absolute atomic E-state index is 0.173. The summed E-state index contributed by atoms with van der Waals surface area (Å²) in [7, 11) is 1.38. The molecule has 0 radical (unpaired) electrons. The van der Waals surface area contributed by atoms with Crippen molar-refractivity contribution in [3.05, 3.63) is 0 Å². The average molecular weight is 256 g/mol. The van der Waals surface area contributed by atoms with Crippen LogP contribution in [0.3, 0.4) is 0 Å². The maximum Gasteiger partial charge on any atom is 0.320 e. The molecule has 0 amide bonds. The molecule has 0 saturated carbocycles. The number of hydrogen-bond acceptors (Lipinski definition) is 4. The Morgan fingerprint density at radius 3 is 2.67 bits per heavy atom. The zero-order chi connectivity index (χ0) is 9.56. The summed E-state index contributed by atoms with van der Waals surface area (Å²) in [6.45, 7) is 1.94. The molecule has 2 unspecified atom stereocenters. The van der Waals surface area contributed by atoms with Gasteiger partial charge in [0.2, 0.25) is 0 Å². The summed E-state index contributed by atoms with van der Waals surface area (Å²) in [6.07, 6.45) is 0. The highest BCUT2D eigenvalue weighted by Crippen LogP contribution is 2.11. The molecule has 0 bridgehead atoms. The summed E-state index contributed by atoms with van der Waals surface area (Å²) < 4.78 is 4.54. The van der Waals surface area contributed by atoms with Crippen molar-refractivity contribution in [1.29, 1.82) is 0 Å². The van der Waals surface area contributed by atoms with Crippen molar-refractivity contribution in [2.24, 2.45) is 5.73 Å². The van der Waals surface area contributed by atoms with Gasteiger partial charge < -0.3 is 10.5 Å². The van der Waals surface area contributed by atoms with Crippen molar-refractivity contribution in [2.45, 2.75) is 17.8 Å². The molecular formula is C7H14BrNO2S. The van der Waals surface area contributed by atoms with Crippen LogP contribution in [0.2, 0.25) is 0 Å². The number of nitrogens with two attached hydrogens (primary N) is 1. The van der Waals surface area contributed by atoms with Gasteiger partial charge in [0.05, 0.1) is 7.11 Å². The van der Waals surface area contributed by atoms with Crippen LogP contribution in [0.5, 0.6) is 0 Å². The molecule has 0 aliphatic rings. The normalized spacial score (nSPS) is 15.3. The zero-order valence-electron chi connectivity index (χ0n) is 7.25. The first-order valence-electron chi connectivity index (χ1n) is 3.63. The first kappa shape index (κ1) is 12.3. The molecule has 72 valence electrons. The lowest BCUT2D eigenvalue weighted by Crippen LogP contribution is -2.22. The van der Waals surface area contributed by atoms with Crippen LogP contribution in [0.1, 0.15) is 6.92 Å². The smallest absolute Gasteiger partial charge is 0.320 e. The molecule has 0 saturated heterocycles. The fraction of sp³-hybridized carbons (Fsp3) is 0.857. The Labute approximate surface area is 85.5 Å². The lowest BCUT2D eigenvalue weighted by molar-refractivity contribution is -0.139. The SMILES string of the molecule is COC(=O)C(Br)CSCC(C)N. The van der Waals surface area contributed by atoms with E-state index in [1.54, 1.807) is 11.8 Å². The van der Waals surface area contributed by atoms with E-state index in [4.69, 9.17) is 5.73 Å². The van der Waals surface area contributed by atoms with E-state index in [0.29, 0.717) is 5.75 Å². The van der Waals surface area contributed by atoms with Crippen molar-refractivity contribution in [1.82, 2.24) is 0 Å². The van der Waals surface area contributed by atoms with E-state index in [1.165, 1.54) is 7.11 Å². The van der Waals surface area contributed by atoms with E-state index in [2.05, 4.69) is 20.7 Å². The highest BCUT2D eigenvalue weighted by atomic mass is 79.9. The largest absolute Gasteiger partial charge is 0.468 e. The summed E-state index contributed by atoms with van der Waals surface area (Å²) >= 11 is 4.86. The second kappa shape index (κ2) is 6.74. The molecule has 0 heterocycles. The number of esters is 1. The number of thioether (sulfide) groups is 1. The number of halogens is 1. The van der Waals surface area contributed by atoms with Crippen molar-refractivity contribution >= 4 is 33.7 Å². The van der Waals surface area contributed by atoms with Gasteiger partial charge in [-0.15, -0.1) is 0 Å². The lowest BCUT2D eigenvalue weighted by Gasteiger charge is -2.08. The molecule has 2 N–H and O–H groups in total. The number of ether oxygens (including phenoxy) is 1. The Morgan fingerprint density at radius 2 is 2.25 bits per heavy atom. The van der Waals surface area contributed by atoms with Gasteiger partial charge in [-0.25, -0.2) is 0 Å². The van der Waals surface area contributed by atoms with Crippen LogP contribution >= 0.6 is 27.7 Å². The molecule has 0 aromatic heterocycles. The molecule has 2 atom stereocenters. The minimum Gasteiger partial charge on any atom is -0.468 e. The van der Waals surface area contributed by atoms with Crippen molar-refractivity contribution < 1.29 is 9.53 Å². The molecule has 0 aromatic rings. The van der Waals surface area contributed by atoms with E-state index < -0.39 is 0 Å². The second-order valence-electron chi connectivity index (χ2n) is 2.51. The third kappa shape index (κ3) is 5.85. The standard InChI is InChI=1S/C7H14BrNO2S/c1-5(9)3-12-4-6(8)7(10)11-2/h5-6H,3-4,9H2,1-2H3. The predicted molar refractivity (Wildman–Crippen MR) is 55.7 cm³/mol. The van der Waals surface area contributed by atoms with E-state index in [0.717, 1.165) is 5.75 Å². The summed E-state index contributed by atoms with van der Waals surface area (Å²) in [5.41, 5.74) is 5.53. The molecule has 3 nitrogen and oxygen atoms in total. The molecular weight excluding hydrogens is 242 g/mol. The minimum atomic E-state index is -0.229. The summed E-state index contributed by atoms with van der Waals surface area (Å²) in [5, 5.41) is 0. The maximum absolute atomic E-state index is 10.9.